The maximum atomic E-state index is 13.1. The maximum Gasteiger partial charge on any atom is 0.241 e. The lowest BCUT2D eigenvalue weighted by atomic mass is 10.2. The smallest absolute Gasteiger partial charge is 0.241 e. The van der Waals surface area contributed by atoms with Gasteiger partial charge >= 0.3 is 0 Å². The maximum absolute atomic E-state index is 13.1. The van der Waals surface area contributed by atoms with Gasteiger partial charge in [-0.2, -0.15) is 0 Å². The van der Waals surface area contributed by atoms with E-state index < -0.39 is 15.8 Å². The SMILES string of the molecule is Cc1cc(S(=O)(=O)NCCC[n+]2cc[nH]c2)ccc1F. The Balaban J connectivity index is 1.92. The molecule has 0 aliphatic rings. The molecule has 7 heteroatoms. The van der Waals surface area contributed by atoms with Crippen LogP contribution in [0.5, 0.6) is 0 Å². The number of imidazole rings is 1. The van der Waals surface area contributed by atoms with Crippen molar-refractivity contribution in [2.24, 2.45) is 0 Å². The zero-order chi connectivity index (χ0) is 14.6. The molecule has 0 spiro atoms. The van der Waals surface area contributed by atoms with E-state index in [9.17, 15) is 12.8 Å². The Morgan fingerprint density at radius 3 is 2.85 bits per heavy atom. The first-order chi connectivity index (χ1) is 9.49. The first-order valence-electron chi connectivity index (χ1n) is 6.27. The van der Waals surface area contributed by atoms with Crippen LogP contribution >= 0.6 is 0 Å². The van der Waals surface area contributed by atoms with Crippen molar-refractivity contribution in [2.75, 3.05) is 6.54 Å². The summed E-state index contributed by atoms with van der Waals surface area (Å²) in [4.78, 5) is 3.00. The second-order valence-electron chi connectivity index (χ2n) is 4.51. The van der Waals surface area contributed by atoms with Crippen LogP contribution in [-0.2, 0) is 16.6 Å². The number of rotatable bonds is 6. The monoisotopic (exact) mass is 298 g/mol. The van der Waals surface area contributed by atoms with E-state index in [-0.39, 0.29) is 4.90 Å². The van der Waals surface area contributed by atoms with E-state index in [0.717, 1.165) is 0 Å². The number of halogens is 1. The van der Waals surface area contributed by atoms with Crippen molar-refractivity contribution in [1.29, 1.82) is 0 Å². The molecule has 0 unspecified atom stereocenters. The van der Waals surface area contributed by atoms with Gasteiger partial charge in [0.25, 0.3) is 0 Å². The Hall–Kier alpha value is -1.73. The van der Waals surface area contributed by atoms with E-state index in [0.29, 0.717) is 25.1 Å². The van der Waals surface area contributed by atoms with Gasteiger partial charge < -0.3 is 0 Å². The molecule has 108 valence electrons. The Morgan fingerprint density at radius 2 is 2.20 bits per heavy atom. The molecule has 2 rings (SSSR count). The Bertz CT molecular complexity index is 669. The zero-order valence-electron chi connectivity index (χ0n) is 11.1. The molecule has 0 atom stereocenters. The fraction of sp³-hybridized carbons (Fsp3) is 0.308. The molecule has 2 aromatic rings. The molecule has 20 heavy (non-hydrogen) atoms. The summed E-state index contributed by atoms with van der Waals surface area (Å²) < 4.78 is 41.6. The first-order valence-corrected chi connectivity index (χ1v) is 7.75. The summed E-state index contributed by atoms with van der Waals surface area (Å²) in [6, 6.07) is 3.77. The van der Waals surface area contributed by atoms with Gasteiger partial charge in [0.2, 0.25) is 16.4 Å². The van der Waals surface area contributed by atoms with Crippen molar-refractivity contribution in [3.63, 3.8) is 0 Å². The molecular formula is C13H17FN3O2S+. The van der Waals surface area contributed by atoms with Crippen LogP contribution in [0.1, 0.15) is 12.0 Å². The molecule has 0 bridgehead atoms. The normalized spacial score (nSPS) is 11.7. The summed E-state index contributed by atoms with van der Waals surface area (Å²) in [6.07, 6.45) is 6.14. The molecule has 1 aromatic carbocycles. The third-order valence-electron chi connectivity index (χ3n) is 2.93. The fourth-order valence-corrected chi connectivity index (χ4v) is 2.95. The standard InChI is InChI=1S/C13H16FN3O2S/c1-11-9-12(3-4-13(11)14)20(18,19)16-5-2-7-17-8-6-15-10-17/h3-4,6,8-10,16H,2,5,7H2,1H3/p+1. The third kappa shape index (κ3) is 3.64. The topological polar surface area (TPSA) is 65.8 Å². The minimum absolute atomic E-state index is 0.0886. The van der Waals surface area contributed by atoms with E-state index in [1.54, 1.807) is 12.5 Å². The number of hydrogen-bond donors (Lipinski definition) is 2. The van der Waals surface area contributed by atoms with Crippen LogP contribution in [0.25, 0.3) is 0 Å². The molecule has 1 heterocycles. The number of nitrogens with zero attached hydrogens (tertiary/aromatic N) is 1. The van der Waals surface area contributed by atoms with Gasteiger partial charge in [0.15, 0.2) is 0 Å². The van der Waals surface area contributed by atoms with Gasteiger partial charge in [-0.1, -0.05) is 0 Å². The Kier molecular flexibility index (Phi) is 4.51. The van der Waals surface area contributed by atoms with Crippen molar-refractivity contribution in [1.82, 2.24) is 9.71 Å². The highest BCUT2D eigenvalue weighted by atomic mass is 32.2. The molecule has 0 radical (unpaired) electrons. The number of benzene rings is 1. The number of aromatic amines is 1. The zero-order valence-corrected chi connectivity index (χ0v) is 12.0. The average molecular weight is 298 g/mol. The molecule has 0 saturated heterocycles. The lowest BCUT2D eigenvalue weighted by molar-refractivity contribution is -0.695. The van der Waals surface area contributed by atoms with E-state index in [2.05, 4.69) is 9.71 Å². The summed E-state index contributed by atoms with van der Waals surface area (Å²) >= 11 is 0. The van der Waals surface area contributed by atoms with Gasteiger partial charge in [0.05, 0.1) is 11.4 Å². The quantitative estimate of drug-likeness (QED) is 0.620. The van der Waals surface area contributed by atoms with Crippen molar-refractivity contribution in [3.05, 3.63) is 48.3 Å². The Morgan fingerprint density at radius 1 is 1.40 bits per heavy atom. The number of nitrogens with one attached hydrogen (secondary N) is 2. The first kappa shape index (κ1) is 14.7. The summed E-state index contributed by atoms with van der Waals surface area (Å²) in [5.41, 5.74) is 0.316. The summed E-state index contributed by atoms with van der Waals surface area (Å²) in [6.45, 7) is 2.59. The molecule has 5 nitrogen and oxygen atoms in total. The van der Waals surface area contributed by atoms with Crippen LogP contribution in [0.2, 0.25) is 0 Å². The minimum atomic E-state index is -3.57. The van der Waals surface area contributed by atoms with Gasteiger partial charge in [0.1, 0.15) is 18.2 Å². The molecule has 0 aliphatic heterocycles. The van der Waals surface area contributed by atoms with Gasteiger partial charge in [-0.25, -0.2) is 22.1 Å². The largest absolute Gasteiger partial charge is 0.250 e. The fourth-order valence-electron chi connectivity index (χ4n) is 1.80. The highest BCUT2D eigenvalue weighted by Crippen LogP contribution is 2.13. The minimum Gasteiger partial charge on any atom is -0.250 e. The molecule has 0 saturated carbocycles. The van der Waals surface area contributed by atoms with E-state index in [1.807, 2.05) is 10.8 Å². The number of hydrogen-bond acceptors (Lipinski definition) is 2. The van der Waals surface area contributed by atoms with Crippen LogP contribution in [-0.4, -0.2) is 19.9 Å². The van der Waals surface area contributed by atoms with Crippen LogP contribution in [0.4, 0.5) is 4.39 Å². The van der Waals surface area contributed by atoms with Crippen molar-refractivity contribution in [2.45, 2.75) is 24.8 Å². The van der Waals surface area contributed by atoms with Crippen LogP contribution in [0.15, 0.2) is 41.8 Å². The van der Waals surface area contributed by atoms with Crippen LogP contribution < -0.4 is 9.29 Å². The number of H-pyrrole nitrogens is 1. The van der Waals surface area contributed by atoms with E-state index >= 15 is 0 Å². The summed E-state index contributed by atoms with van der Waals surface area (Å²) in [7, 11) is -3.57. The average Bonchev–Trinajstić information content (AvgIpc) is 2.91. The molecule has 0 amide bonds. The van der Waals surface area contributed by atoms with Crippen LogP contribution in [0, 0.1) is 12.7 Å². The number of aryl methyl sites for hydroxylation is 2. The van der Waals surface area contributed by atoms with Gasteiger partial charge in [-0.05, 0) is 37.1 Å². The predicted octanol–water partition coefficient (Wildman–Crippen LogP) is 1.12. The van der Waals surface area contributed by atoms with Crippen molar-refractivity contribution >= 4 is 10.0 Å². The number of sulfonamides is 1. The van der Waals surface area contributed by atoms with Crippen molar-refractivity contribution < 1.29 is 17.4 Å². The second kappa shape index (κ2) is 6.15. The highest BCUT2D eigenvalue weighted by molar-refractivity contribution is 7.89. The lowest BCUT2D eigenvalue weighted by Crippen LogP contribution is -2.33. The van der Waals surface area contributed by atoms with Crippen molar-refractivity contribution in [3.8, 4) is 0 Å². The second-order valence-corrected chi connectivity index (χ2v) is 6.28. The van der Waals surface area contributed by atoms with E-state index in [1.165, 1.54) is 25.1 Å². The molecule has 1 aromatic heterocycles. The molecular weight excluding hydrogens is 281 g/mol. The lowest BCUT2D eigenvalue weighted by Gasteiger charge is -2.07. The van der Waals surface area contributed by atoms with E-state index in [4.69, 9.17) is 0 Å². The Labute approximate surface area is 117 Å². The van der Waals surface area contributed by atoms with Gasteiger partial charge in [-0.15, -0.1) is 0 Å². The number of aromatic nitrogens is 2. The highest BCUT2D eigenvalue weighted by Gasteiger charge is 2.14. The molecule has 0 fully saturated rings. The predicted molar refractivity (Wildman–Crippen MR) is 71.9 cm³/mol. The van der Waals surface area contributed by atoms with Gasteiger partial charge in [0, 0.05) is 6.54 Å². The third-order valence-corrected chi connectivity index (χ3v) is 4.39. The summed E-state index contributed by atoms with van der Waals surface area (Å²) in [5.74, 6) is -0.409. The molecule has 2 N–H and O–H groups in total. The summed E-state index contributed by atoms with van der Waals surface area (Å²) in [5, 5.41) is 0. The van der Waals surface area contributed by atoms with Crippen LogP contribution in [0.3, 0.4) is 0 Å². The molecule has 0 aliphatic carbocycles. The van der Waals surface area contributed by atoms with Gasteiger partial charge in [-0.3, -0.25) is 4.98 Å².